The van der Waals surface area contributed by atoms with Crippen LogP contribution in [0.25, 0.3) is 0 Å². The van der Waals surface area contributed by atoms with Gasteiger partial charge in [-0.2, -0.15) is 0 Å². The molecule has 2 saturated heterocycles. The number of hydrogen-bond donors (Lipinski definition) is 2. The Kier molecular flexibility index (Phi) is 3.19. The van der Waals surface area contributed by atoms with Crippen molar-refractivity contribution < 1.29 is 9.90 Å². The zero-order valence-electron chi connectivity index (χ0n) is 11.0. The lowest BCUT2D eigenvalue weighted by Crippen LogP contribution is -2.48. The fraction of sp³-hybridized carbons (Fsp3) is 0.533. The van der Waals surface area contributed by atoms with E-state index in [2.05, 4.69) is 0 Å². The van der Waals surface area contributed by atoms with E-state index in [4.69, 9.17) is 5.73 Å². The molecule has 2 bridgehead atoms. The topological polar surface area (TPSA) is 66.6 Å². The van der Waals surface area contributed by atoms with Crippen molar-refractivity contribution in [2.45, 2.75) is 50.3 Å². The van der Waals surface area contributed by atoms with Crippen molar-refractivity contribution in [3.63, 3.8) is 0 Å². The van der Waals surface area contributed by atoms with Crippen LogP contribution in [-0.2, 0) is 11.2 Å². The number of nitrogens with zero attached hydrogens (tertiary/aromatic N) is 1. The summed E-state index contributed by atoms with van der Waals surface area (Å²) in [6.07, 6.45) is 3.76. The van der Waals surface area contributed by atoms with Crippen molar-refractivity contribution in [2.24, 2.45) is 0 Å². The second-order valence-corrected chi connectivity index (χ2v) is 5.73. The molecule has 2 aliphatic heterocycles. The molecule has 0 aliphatic carbocycles. The van der Waals surface area contributed by atoms with E-state index in [9.17, 15) is 9.90 Å². The number of anilines is 1. The quantitative estimate of drug-likeness (QED) is 0.788. The van der Waals surface area contributed by atoms with Gasteiger partial charge in [-0.25, -0.2) is 0 Å². The van der Waals surface area contributed by atoms with Crippen molar-refractivity contribution in [1.29, 1.82) is 0 Å². The van der Waals surface area contributed by atoms with Gasteiger partial charge in [0.1, 0.15) is 0 Å². The first-order valence-corrected chi connectivity index (χ1v) is 6.97. The van der Waals surface area contributed by atoms with Crippen LogP contribution >= 0.6 is 0 Å². The Morgan fingerprint density at radius 1 is 1.21 bits per heavy atom. The minimum atomic E-state index is -0.224. The Morgan fingerprint density at radius 3 is 2.37 bits per heavy atom. The summed E-state index contributed by atoms with van der Waals surface area (Å²) in [5, 5.41) is 9.76. The molecule has 4 heteroatoms. The molecule has 2 fully saturated rings. The van der Waals surface area contributed by atoms with Crippen molar-refractivity contribution in [3.05, 3.63) is 29.8 Å². The number of fused-ring (bicyclic) bond motifs is 2. The van der Waals surface area contributed by atoms with Crippen LogP contribution in [0.5, 0.6) is 0 Å². The number of nitrogens with two attached hydrogens (primary N) is 1. The maximum absolute atomic E-state index is 12.4. The molecule has 0 saturated carbocycles. The second kappa shape index (κ2) is 4.85. The van der Waals surface area contributed by atoms with Gasteiger partial charge in [0.2, 0.25) is 5.91 Å². The Balaban J connectivity index is 1.69. The van der Waals surface area contributed by atoms with Crippen LogP contribution in [0.2, 0.25) is 0 Å². The molecular weight excluding hydrogens is 240 g/mol. The highest BCUT2D eigenvalue weighted by molar-refractivity contribution is 5.80. The number of aliphatic hydroxyl groups is 1. The minimum absolute atomic E-state index is 0.184. The van der Waals surface area contributed by atoms with Crippen molar-refractivity contribution >= 4 is 11.6 Å². The number of hydrogen-bond acceptors (Lipinski definition) is 3. The lowest BCUT2D eigenvalue weighted by atomic mass is 9.99. The Hall–Kier alpha value is -1.55. The third-order valence-electron chi connectivity index (χ3n) is 4.33. The second-order valence-electron chi connectivity index (χ2n) is 5.73. The molecule has 102 valence electrons. The largest absolute Gasteiger partial charge is 0.399 e. The number of nitrogen functional groups attached to an aromatic ring is 1. The average Bonchev–Trinajstić information content (AvgIpc) is 2.65. The number of benzene rings is 1. The van der Waals surface area contributed by atoms with Gasteiger partial charge < -0.3 is 15.7 Å². The molecule has 0 spiro atoms. The van der Waals surface area contributed by atoms with E-state index in [1.807, 2.05) is 29.2 Å². The molecule has 0 aromatic heterocycles. The van der Waals surface area contributed by atoms with Gasteiger partial charge in [0.15, 0.2) is 0 Å². The molecule has 0 radical (unpaired) electrons. The number of rotatable bonds is 2. The van der Waals surface area contributed by atoms with Gasteiger partial charge in [-0.1, -0.05) is 12.1 Å². The highest BCUT2D eigenvalue weighted by atomic mass is 16.3. The van der Waals surface area contributed by atoms with Crippen LogP contribution in [0, 0.1) is 0 Å². The minimum Gasteiger partial charge on any atom is -0.399 e. The Morgan fingerprint density at radius 2 is 1.79 bits per heavy atom. The molecule has 2 atom stereocenters. The normalized spacial score (nSPS) is 29.5. The lowest BCUT2D eigenvalue weighted by Gasteiger charge is -2.37. The SMILES string of the molecule is Nc1ccc(CC(=O)N2C3CCC2CC(O)C3)cc1. The number of aliphatic hydroxyl groups excluding tert-OH is 1. The molecule has 1 amide bonds. The smallest absolute Gasteiger partial charge is 0.227 e. The Bertz CT molecular complexity index is 458. The van der Waals surface area contributed by atoms with Gasteiger partial charge in [0, 0.05) is 17.8 Å². The molecule has 2 heterocycles. The van der Waals surface area contributed by atoms with Gasteiger partial charge in [-0.3, -0.25) is 4.79 Å². The Labute approximate surface area is 113 Å². The maximum atomic E-state index is 12.4. The van der Waals surface area contributed by atoms with Crippen molar-refractivity contribution in [1.82, 2.24) is 4.90 Å². The number of carbonyl (C=O) groups is 1. The number of carbonyl (C=O) groups excluding carboxylic acids is 1. The van der Waals surface area contributed by atoms with Crippen LogP contribution < -0.4 is 5.73 Å². The third-order valence-corrected chi connectivity index (χ3v) is 4.33. The summed E-state index contributed by atoms with van der Waals surface area (Å²) in [6, 6.07) is 7.97. The lowest BCUT2D eigenvalue weighted by molar-refractivity contribution is -0.136. The fourth-order valence-electron chi connectivity index (χ4n) is 3.46. The molecule has 4 nitrogen and oxygen atoms in total. The molecule has 1 aromatic rings. The molecule has 1 aromatic carbocycles. The number of piperidine rings is 1. The van der Waals surface area contributed by atoms with E-state index >= 15 is 0 Å². The van der Waals surface area contributed by atoms with Gasteiger partial charge in [0.05, 0.1) is 12.5 Å². The highest BCUT2D eigenvalue weighted by Gasteiger charge is 2.42. The van der Waals surface area contributed by atoms with Gasteiger partial charge in [-0.15, -0.1) is 0 Å². The molecule has 2 aliphatic rings. The predicted octanol–water partition coefficient (Wildman–Crippen LogP) is 1.33. The van der Waals surface area contributed by atoms with Crippen LogP contribution in [0.3, 0.4) is 0 Å². The summed E-state index contributed by atoms with van der Waals surface area (Å²) in [5.41, 5.74) is 7.37. The maximum Gasteiger partial charge on any atom is 0.227 e. The van der Waals surface area contributed by atoms with E-state index in [0.717, 1.165) is 36.9 Å². The highest BCUT2D eigenvalue weighted by Crippen LogP contribution is 2.36. The zero-order chi connectivity index (χ0) is 13.4. The summed E-state index contributed by atoms with van der Waals surface area (Å²) in [7, 11) is 0. The molecule has 3 rings (SSSR count). The van der Waals surface area contributed by atoms with E-state index in [1.54, 1.807) is 0 Å². The van der Waals surface area contributed by atoms with E-state index in [-0.39, 0.29) is 24.1 Å². The van der Waals surface area contributed by atoms with E-state index in [0.29, 0.717) is 6.42 Å². The number of amides is 1. The summed E-state index contributed by atoms with van der Waals surface area (Å²) in [4.78, 5) is 14.4. The first-order valence-electron chi connectivity index (χ1n) is 6.97. The van der Waals surface area contributed by atoms with Crippen LogP contribution in [0.15, 0.2) is 24.3 Å². The molecule has 3 N–H and O–H groups in total. The third kappa shape index (κ3) is 2.45. The summed E-state index contributed by atoms with van der Waals surface area (Å²) < 4.78 is 0. The van der Waals surface area contributed by atoms with Gasteiger partial charge in [0.25, 0.3) is 0 Å². The van der Waals surface area contributed by atoms with Gasteiger partial charge >= 0.3 is 0 Å². The van der Waals surface area contributed by atoms with Crippen LogP contribution in [-0.4, -0.2) is 34.1 Å². The predicted molar refractivity (Wildman–Crippen MR) is 73.5 cm³/mol. The monoisotopic (exact) mass is 260 g/mol. The fourth-order valence-corrected chi connectivity index (χ4v) is 3.46. The van der Waals surface area contributed by atoms with E-state index < -0.39 is 0 Å². The van der Waals surface area contributed by atoms with E-state index in [1.165, 1.54) is 0 Å². The summed E-state index contributed by atoms with van der Waals surface area (Å²) >= 11 is 0. The van der Waals surface area contributed by atoms with Gasteiger partial charge in [-0.05, 0) is 43.4 Å². The summed E-state index contributed by atoms with van der Waals surface area (Å²) in [6.45, 7) is 0. The van der Waals surface area contributed by atoms with Crippen molar-refractivity contribution in [2.75, 3.05) is 5.73 Å². The standard InChI is InChI=1S/C15H20N2O2/c16-11-3-1-10(2-4-11)7-15(19)17-12-5-6-13(17)9-14(18)8-12/h1-4,12-14,18H,5-9,16H2. The van der Waals surface area contributed by atoms with Crippen LogP contribution in [0.4, 0.5) is 5.69 Å². The molecule has 19 heavy (non-hydrogen) atoms. The summed E-state index contributed by atoms with van der Waals surface area (Å²) in [5.74, 6) is 0.184. The first kappa shape index (κ1) is 12.5. The first-order chi connectivity index (χ1) is 9.13. The molecule has 2 unspecified atom stereocenters. The zero-order valence-corrected chi connectivity index (χ0v) is 11.0. The molecular formula is C15H20N2O2. The van der Waals surface area contributed by atoms with Crippen molar-refractivity contribution in [3.8, 4) is 0 Å². The van der Waals surface area contributed by atoms with Crippen LogP contribution in [0.1, 0.15) is 31.2 Å². The average molecular weight is 260 g/mol.